The van der Waals surface area contributed by atoms with Crippen molar-refractivity contribution in [1.29, 1.82) is 0 Å². The summed E-state index contributed by atoms with van der Waals surface area (Å²) in [4.78, 5) is 2.23. The molecule has 19 heavy (non-hydrogen) atoms. The van der Waals surface area contributed by atoms with Gasteiger partial charge in [-0.1, -0.05) is 36.1 Å². The molecule has 1 aliphatic heterocycles. The van der Waals surface area contributed by atoms with Crippen LogP contribution in [0.25, 0.3) is 0 Å². The Morgan fingerprint density at radius 3 is 2.74 bits per heavy atom. The molecule has 1 saturated heterocycles. The molecule has 3 rings (SSSR count). The van der Waals surface area contributed by atoms with Gasteiger partial charge in [-0.3, -0.25) is 4.90 Å². The van der Waals surface area contributed by atoms with Crippen molar-refractivity contribution in [2.24, 2.45) is 0 Å². The van der Waals surface area contributed by atoms with Crippen LogP contribution in [0.3, 0.4) is 0 Å². The highest BCUT2D eigenvalue weighted by Crippen LogP contribution is 2.29. The van der Waals surface area contributed by atoms with Crippen LogP contribution in [0.1, 0.15) is 5.56 Å². The van der Waals surface area contributed by atoms with Crippen molar-refractivity contribution in [2.75, 3.05) is 13.1 Å². The first-order valence-corrected chi connectivity index (χ1v) is 7.00. The minimum atomic E-state index is -0.146. The summed E-state index contributed by atoms with van der Waals surface area (Å²) in [7, 11) is 0. The lowest BCUT2D eigenvalue weighted by atomic mass is 10.1. The van der Waals surface area contributed by atoms with Crippen LogP contribution >= 0.6 is 15.9 Å². The first-order chi connectivity index (χ1) is 9.22. The predicted molar refractivity (Wildman–Crippen MR) is 78.5 cm³/mol. The van der Waals surface area contributed by atoms with E-state index in [1.165, 1.54) is 11.6 Å². The molecule has 1 fully saturated rings. The fourth-order valence-corrected chi connectivity index (χ4v) is 2.79. The van der Waals surface area contributed by atoms with Crippen molar-refractivity contribution in [2.45, 2.75) is 6.54 Å². The molecule has 0 atom stereocenters. The SMILES string of the molecule is FC1=C2CN(Cc3ccccc3)CC2=C=C(Br)C=C1. The highest BCUT2D eigenvalue weighted by molar-refractivity contribution is 9.11. The Hall–Kier alpha value is -1.41. The lowest BCUT2D eigenvalue weighted by molar-refractivity contribution is 0.346. The summed E-state index contributed by atoms with van der Waals surface area (Å²) in [5.74, 6) is -0.146. The lowest BCUT2D eigenvalue weighted by Gasteiger charge is -2.13. The van der Waals surface area contributed by atoms with Crippen molar-refractivity contribution in [1.82, 2.24) is 4.90 Å². The van der Waals surface area contributed by atoms with Gasteiger partial charge in [0.2, 0.25) is 0 Å². The zero-order valence-electron chi connectivity index (χ0n) is 10.4. The number of likely N-dealkylation sites (tertiary alicyclic amines) is 1. The second kappa shape index (κ2) is 5.30. The van der Waals surface area contributed by atoms with Crippen molar-refractivity contribution >= 4 is 15.9 Å². The van der Waals surface area contributed by atoms with E-state index >= 15 is 0 Å². The van der Waals surface area contributed by atoms with Gasteiger partial charge in [0.15, 0.2) is 0 Å². The second-order valence-corrected chi connectivity index (χ2v) is 5.60. The molecule has 0 radical (unpaired) electrons. The number of hydrogen-bond donors (Lipinski definition) is 0. The molecule has 0 saturated carbocycles. The molecule has 1 nitrogen and oxygen atoms in total. The molecule has 1 aliphatic carbocycles. The van der Waals surface area contributed by atoms with Crippen LogP contribution in [0.4, 0.5) is 4.39 Å². The number of fused-ring (bicyclic) bond motifs is 1. The Bertz CT molecular complexity index is 621. The largest absolute Gasteiger partial charge is 0.290 e. The molecular weight excluding hydrogens is 305 g/mol. The maximum atomic E-state index is 14.0. The molecule has 1 aromatic carbocycles. The molecule has 96 valence electrons. The third kappa shape index (κ3) is 2.79. The number of allylic oxidation sites excluding steroid dienone is 3. The number of benzene rings is 1. The summed E-state index contributed by atoms with van der Waals surface area (Å²) < 4.78 is 14.8. The van der Waals surface area contributed by atoms with Gasteiger partial charge in [-0.15, -0.1) is 0 Å². The first kappa shape index (κ1) is 12.6. The van der Waals surface area contributed by atoms with Crippen LogP contribution in [-0.2, 0) is 6.54 Å². The lowest BCUT2D eigenvalue weighted by Crippen LogP contribution is -2.18. The van der Waals surface area contributed by atoms with E-state index in [1.807, 2.05) is 18.2 Å². The molecular formula is C16H13BrFN. The molecule has 0 unspecified atom stereocenters. The highest BCUT2D eigenvalue weighted by atomic mass is 79.9. The zero-order valence-corrected chi connectivity index (χ0v) is 12.0. The summed E-state index contributed by atoms with van der Waals surface area (Å²) in [5.41, 5.74) is 6.17. The van der Waals surface area contributed by atoms with Crippen LogP contribution in [0.5, 0.6) is 0 Å². The molecule has 1 aromatic rings. The van der Waals surface area contributed by atoms with Crippen LogP contribution < -0.4 is 0 Å². The minimum absolute atomic E-state index is 0.146. The van der Waals surface area contributed by atoms with E-state index in [2.05, 4.69) is 38.7 Å². The Kier molecular flexibility index (Phi) is 3.52. The van der Waals surface area contributed by atoms with Crippen molar-refractivity contribution in [3.8, 4) is 0 Å². The van der Waals surface area contributed by atoms with Crippen LogP contribution in [-0.4, -0.2) is 18.0 Å². The van der Waals surface area contributed by atoms with Gasteiger partial charge in [-0.25, -0.2) is 4.39 Å². The van der Waals surface area contributed by atoms with Gasteiger partial charge >= 0.3 is 0 Å². The fourth-order valence-electron chi connectivity index (χ4n) is 2.41. The van der Waals surface area contributed by atoms with E-state index < -0.39 is 0 Å². The fraction of sp³-hybridized carbons (Fsp3) is 0.188. The monoisotopic (exact) mass is 317 g/mol. The molecule has 0 amide bonds. The molecule has 0 aromatic heterocycles. The molecule has 2 aliphatic rings. The van der Waals surface area contributed by atoms with Gasteiger partial charge in [-0.05, 0) is 33.6 Å². The zero-order chi connectivity index (χ0) is 13.2. The van der Waals surface area contributed by atoms with Gasteiger partial charge in [-0.2, -0.15) is 0 Å². The minimum Gasteiger partial charge on any atom is -0.290 e. The van der Waals surface area contributed by atoms with E-state index in [-0.39, 0.29) is 5.83 Å². The van der Waals surface area contributed by atoms with Crippen molar-refractivity contribution in [3.63, 3.8) is 0 Å². The first-order valence-electron chi connectivity index (χ1n) is 6.21. The van der Waals surface area contributed by atoms with Crippen LogP contribution in [0, 0.1) is 0 Å². The number of rotatable bonds is 2. The summed E-state index contributed by atoms with van der Waals surface area (Å²) in [5, 5.41) is 0. The quantitative estimate of drug-likeness (QED) is 0.742. The average Bonchev–Trinajstić information content (AvgIpc) is 2.74. The molecule has 3 heteroatoms. The molecule has 0 N–H and O–H groups in total. The molecule has 0 bridgehead atoms. The maximum Gasteiger partial charge on any atom is 0.128 e. The van der Waals surface area contributed by atoms with E-state index in [0.29, 0.717) is 6.54 Å². The summed E-state index contributed by atoms with van der Waals surface area (Å²) in [6.07, 6.45) is 3.21. The van der Waals surface area contributed by atoms with Crippen LogP contribution in [0.2, 0.25) is 0 Å². The highest BCUT2D eigenvalue weighted by Gasteiger charge is 2.25. The van der Waals surface area contributed by atoms with E-state index in [9.17, 15) is 4.39 Å². The van der Waals surface area contributed by atoms with E-state index in [4.69, 9.17) is 0 Å². The van der Waals surface area contributed by atoms with Crippen molar-refractivity contribution < 1.29 is 4.39 Å². The number of hydrogen-bond acceptors (Lipinski definition) is 1. The third-order valence-corrected chi connectivity index (χ3v) is 3.77. The van der Waals surface area contributed by atoms with Crippen LogP contribution in [0.15, 0.2) is 69.7 Å². The van der Waals surface area contributed by atoms with E-state index in [1.54, 1.807) is 6.08 Å². The normalized spacial score (nSPS) is 19.1. The molecule has 1 heterocycles. The third-order valence-electron chi connectivity index (χ3n) is 3.31. The average molecular weight is 318 g/mol. The number of nitrogens with zero attached hydrogens (tertiary/aromatic N) is 1. The topological polar surface area (TPSA) is 3.24 Å². The van der Waals surface area contributed by atoms with Crippen molar-refractivity contribution in [3.05, 3.63) is 75.2 Å². The maximum absolute atomic E-state index is 14.0. The van der Waals surface area contributed by atoms with Gasteiger partial charge in [0.25, 0.3) is 0 Å². The standard InChI is InChI=1S/C16H13BrFN/c17-14-6-7-16(18)15-11-19(10-13(15)8-14)9-12-4-2-1-3-5-12/h1-7H,9-11H2. The Labute approximate surface area is 120 Å². The van der Waals surface area contributed by atoms with E-state index in [0.717, 1.165) is 28.7 Å². The molecule has 0 spiro atoms. The predicted octanol–water partition coefficient (Wildman–Crippen LogP) is 4.10. The van der Waals surface area contributed by atoms with Gasteiger partial charge in [0.05, 0.1) is 4.48 Å². The number of halogens is 2. The smallest absolute Gasteiger partial charge is 0.128 e. The van der Waals surface area contributed by atoms with Gasteiger partial charge < -0.3 is 0 Å². The summed E-state index contributed by atoms with van der Waals surface area (Å²) in [6.45, 7) is 2.23. The van der Waals surface area contributed by atoms with Gasteiger partial charge in [0, 0.05) is 30.8 Å². The second-order valence-electron chi connectivity index (χ2n) is 4.74. The Morgan fingerprint density at radius 2 is 1.95 bits per heavy atom. The Morgan fingerprint density at radius 1 is 1.16 bits per heavy atom. The Balaban J connectivity index is 1.84. The van der Waals surface area contributed by atoms with Gasteiger partial charge in [0.1, 0.15) is 5.83 Å². The summed E-state index contributed by atoms with van der Waals surface area (Å²) in [6, 6.07) is 10.3. The summed E-state index contributed by atoms with van der Waals surface area (Å²) >= 11 is 3.38.